The first kappa shape index (κ1) is 12.1. The first-order chi connectivity index (χ1) is 5.95. The lowest BCUT2D eigenvalue weighted by atomic mass is 10.1. The number of rotatable bonds is 5. The Hall–Kier alpha value is -0.900. The van der Waals surface area contributed by atoms with Gasteiger partial charge in [0, 0.05) is 18.9 Å². The van der Waals surface area contributed by atoms with E-state index in [0.717, 1.165) is 0 Å². The molecule has 0 saturated heterocycles. The molecule has 4 heteroatoms. The molecule has 0 aliphatic rings. The van der Waals surface area contributed by atoms with E-state index < -0.39 is 12.0 Å². The van der Waals surface area contributed by atoms with E-state index >= 15 is 0 Å². The van der Waals surface area contributed by atoms with Crippen LogP contribution in [0.5, 0.6) is 0 Å². The third-order valence-electron chi connectivity index (χ3n) is 1.69. The molecule has 0 aromatic heterocycles. The zero-order valence-corrected chi connectivity index (χ0v) is 8.33. The maximum Gasteiger partial charge on any atom is 0.248 e. The van der Waals surface area contributed by atoms with Gasteiger partial charge < -0.3 is 10.4 Å². The summed E-state index contributed by atoms with van der Waals surface area (Å²) in [5.74, 6) is -0.314. The van der Waals surface area contributed by atoms with Gasteiger partial charge in [-0.15, -0.1) is 0 Å². The number of aliphatic hydroxyl groups excluding tert-OH is 1. The van der Waals surface area contributed by atoms with Crippen LogP contribution in [0.3, 0.4) is 0 Å². The van der Waals surface area contributed by atoms with Gasteiger partial charge in [0.25, 0.3) is 0 Å². The summed E-state index contributed by atoms with van der Waals surface area (Å²) in [5, 5.41) is 11.3. The Morgan fingerprint density at radius 1 is 1.31 bits per heavy atom. The second-order valence-electron chi connectivity index (χ2n) is 3.34. The van der Waals surface area contributed by atoms with Crippen molar-refractivity contribution < 1.29 is 14.7 Å². The van der Waals surface area contributed by atoms with Crippen molar-refractivity contribution in [2.24, 2.45) is 5.92 Å². The van der Waals surface area contributed by atoms with E-state index in [9.17, 15) is 9.59 Å². The van der Waals surface area contributed by atoms with Crippen LogP contribution in [0.2, 0.25) is 0 Å². The number of nitrogens with one attached hydrogen (secondary N) is 1. The average molecular weight is 187 g/mol. The average Bonchev–Trinajstić information content (AvgIpc) is 2.03. The molecule has 0 heterocycles. The van der Waals surface area contributed by atoms with Crippen molar-refractivity contribution in [3.05, 3.63) is 0 Å². The molecule has 0 saturated carbocycles. The minimum Gasteiger partial charge on any atom is -0.384 e. The summed E-state index contributed by atoms with van der Waals surface area (Å²) in [6.07, 6.45) is -0.676. The van der Waals surface area contributed by atoms with Crippen LogP contribution in [0.15, 0.2) is 0 Å². The lowest BCUT2D eigenvalue weighted by Crippen LogP contribution is -2.34. The maximum absolute atomic E-state index is 11.1. The monoisotopic (exact) mass is 187 g/mol. The van der Waals surface area contributed by atoms with Crippen LogP contribution in [0.1, 0.15) is 27.2 Å². The molecule has 1 atom stereocenters. The molecule has 0 aromatic rings. The molecule has 0 aliphatic carbocycles. The minimum atomic E-state index is -1.01. The Balaban J connectivity index is 3.57. The number of aliphatic hydroxyl groups is 1. The largest absolute Gasteiger partial charge is 0.384 e. The van der Waals surface area contributed by atoms with Gasteiger partial charge in [0.1, 0.15) is 11.9 Å². The number of hydrogen-bond acceptors (Lipinski definition) is 3. The molecule has 0 radical (unpaired) electrons. The Kier molecular flexibility index (Phi) is 5.30. The van der Waals surface area contributed by atoms with Crippen LogP contribution < -0.4 is 5.32 Å². The Morgan fingerprint density at radius 3 is 2.23 bits per heavy atom. The first-order valence-electron chi connectivity index (χ1n) is 4.43. The van der Waals surface area contributed by atoms with E-state index in [1.807, 2.05) is 13.8 Å². The zero-order valence-electron chi connectivity index (χ0n) is 8.33. The predicted molar refractivity (Wildman–Crippen MR) is 49.2 cm³/mol. The predicted octanol–water partition coefficient (Wildman–Crippen LogP) is 0.0986. The Bertz CT molecular complexity index is 167. The van der Waals surface area contributed by atoms with Gasteiger partial charge in [0.15, 0.2) is 0 Å². The fraction of sp³-hybridized carbons (Fsp3) is 0.778. The van der Waals surface area contributed by atoms with Crippen molar-refractivity contribution in [1.82, 2.24) is 5.32 Å². The van der Waals surface area contributed by atoms with Crippen molar-refractivity contribution in [2.75, 3.05) is 6.54 Å². The Labute approximate surface area is 78.3 Å². The summed E-state index contributed by atoms with van der Waals surface area (Å²) in [6, 6.07) is 0. The van der Waals surface area contributed by atoms with Crippen molar-refractivity contribution in [1.29, 1.82) is 0 Å². The summed E-state index contributed by atoms with van der Waals surface area (Å²) >= 11 is 0. The minimum absolute atomic E-state index is 0.00320. The lowest BCUT2D eigenvalue weighted by molar-refractivity contribution is -0.128. The SMILES string of the molecule is CC(C)C(=O)CCNC(=O)C(C)O. The molecule has 1 unspecified atom stereocenters. The molecule has 13 heavy (non-hydrogen) atoms. The van der Waals surface area contributed by atoms with Gasteiger partial charge in [-0.05, 0) is 6.92 Å². The topological polar surface area (TPSA) is 66.4 Å². The molecule has 1 amide bonds. The van der Waals surface area contributed by atoms with Gasteiger partial charge in [-0.3, -0.25) is 9.59 Å². The second kappa shape index (κ2) is 5.70. The molecular weight excluding hydrogens is 170 g/mol. The van der Waals surface area contributed by atoms with E-state index in [-0.39, 0.29) is 11.7 Å². The van der Waals surface area contributed by atoms with Gasteiger partial charge >= 0.3 is 0 Å². The molecule has 2 N–H and O–H groups in total. The number of amides is 1. The molecule has 0 spiro atoms. The summed E-state index contributed by atoms with van der Waals surface area (Å²) in [4.78, 5) is 21.9. The van der Waals surface area contributed by atoms with Gasteiger partial charge in [0.2, 0.25) is 5.91 Å². The summed E-state index contributed by atoms with van der Waals surface area (Å²) < 4.78 is 0. The number of ketones is 1. The van der Waals surface area contributed by atoms with E-state index in [1.54, 1.807) is 0 Å². The van der Waals surface area contributed by atoms with Gasteiger partial charge in [-0.25, -0.2) is 0 Å². The van der Waals surface area contributed by atoms with Crippen molar-refractivity contribution in [3.8, 4) is 0 Å². The fourth-order valence-electron chi connectivity index (χ4n) is 0.745. The molecule has 0 rings (SSSR count). The van der Waals surface area contributed by atoms with E-state index in [4.69, 9.17) is 5.11 Å². The Morgan fingerprint density at radius 2 is 1.85 bits per heavy atom. The number of carbonyl (C=O) groups is 2. The molecule has 0 aromatic carbocycles. The van der Waals surface area contributed by atoms with Crippen LogP contribution in [0.25, 0.3) is 0 Å². The van der Waals surface area contributed by atoms with E-state index in [0.29, 0.717) is 13.0 Å². The van der Waals surface area contributed by atoms with Crippen LogP contribution in [0, 0.1) is 5.92 Å². The normalized spacial score (nSPS) is 12.7. The number of Topliss-reactive ketones (excluding diaryl/α,β-unsaturated/α-hetero) is 1. The zero-order chi connectivity index (χ0) is 10.4. The highest BCUT2D eigenvalue weighted by Crippen LogP contribution is 1.97. The molecule has 4 nitrogen and oxygen atoms in total. The van der Waals surface area contributed by atoms with E-state index in [2.05, 4.69) is 5.32 Å². The smallest absolute Gasteiger partial charge is 0.248 e. The highest BCUT2D eigenvalue weighted by Gasteiger charge is 2.10. The summed E-state index contributed by atoms with van der Waals surface area (Å²) in [7, 11) is 0. The maximum atomic E-state index is 11.1. The van der Waals surface area contributed by atoms with E-state index in [1.165, 1.54) is 6.92 Å². The van der Waals surface area contributed by atoms with Crippen LogP contribution >= 0.6 is 0 Å². The highest BCUT2D eigenvalue weighted by molar-refractivity contribution is 5.82. The first-order valence-corrected chi connectivity index (χ1v) is 4.43. The third kappa shape index (κ3) is 5.36. The summed E-state index contributed by atoms with van der Waals surface area (Å²) in [5.41, 5.74) is 0. The third-order valence-corrected chi connectivity index (χ3v) is 1.69. The molecule has 76 valence electrons. The fourth-order valence-corrected chi connectivity index (χ4v) is 0.745. The number of hydrogen-bond donors (Lipinski definition) is 2. The van der Waals surface area contributed by atoms with Crippen molar-refractivity contribution >= 4 is 11.7 Å². The van der Waals surface area contributed by atoms with Gasteiger partial charge in [-0.1, -0.05) is 13.8 Å². The van der Waals surface area contributed by atoms with Crippen molar-refractivity contribution in [3.63, 3.8) is 0 Å². The van der Waals surface area contributed by atoms with Crippen molar-refractivity contribution in [2.45, 2.75) is 33.3 Å². The molecule has 0 aliphatic heterocycles. The van der Waals surface area contributed by atoms with Crippen LogP contribution in [0.4, 0.5) is 0 Å². The van der Waals surface area contributed by atoms with Crippen LogP contribution in [-0.4, -0.2) is 29.4 Å². The van der Waals surface area contributed by atoms with Gasteiger partial charge in [-0.2, -0.15) is 0 Å². The molecule has 0 fully saturated rings. The molecule has 0 bridgehead atoms. The van der Waals surface area contributed by atoms with Gasteiger partial charge in [0.05, 0.1) is 0 Å². The molecular formula is C9H17NO3. The van der Waals surface area contributed by atoms with Crippen LogP contribution in [-0.2, 0) is 9.59 Å². The number of carbonyl (C=O) groups excluding carboxylic acids is 2. The lowest BCUT2D eigenvalue weighted by Gasteiger charge is -2.07. The second-order valence-corrected chi connectivity index (χ2v) is 3.34. The highest BCUT2D eigenvalue weighted by atomic mass is 16.3. The quantitative estimate of drug-likeness (QED) is 0.641. The standard InChI is InChI=1S/C9H17NO3/c1-6(2)8(12)4-5-10-9(13)7(3)11/h6-7,11H,4-5H2,1-3H3,(H,10,13). The summed E-state index contributed by atoms with van der Waals surface area (Å²) in [6.45, 7) is 5.33.